The third-order valence-corrected chi connectivity index (χ3v) is 6.12. The average molecular weight is 393 g/mol. The normalized spacial score (nSPS) is 16.4. The third-order valence-electron chi connectivity index (χ3n) is 5.02. The second kappa shape index (κ2) is 7.77. The SMILES string of the molecule is Cc1sc2nc(CCC(=O)NC3(CC(=O)O)CCOCC3)[nH]c(=O)c2c1C. The maximum atomic E-state index is 12.4. The van der Waals surface area contributed by atoms with Crippen molar-refractivity contribution in [2.45, 2.75) is 51.5 Å². The van der Waals surface area contributed by atoms with Crippen molar-refractivity contribution in [2.75, 3.05) is 13.2 Å². The van der Waals surface area contributed by atoms with Crippen LogP contribution in [0.4, 0.5) is 0 Å². The number of rotatable bonds is 6. The van der Waals surface area contributed by atoms with Crippen LogP contribution in [0.1, 0.15) is 41.9 Å². The Morgan fingerprint density at radius 3 is 2.70 bits per heavy atom. The molecule has 0 aromatic carbocycles. The first-order valence-corrected chi connectivity index (χ1v) is 9.71. The van der Waals surface area contributed by atoms with Crippen LogP contribution < -0.4 is 10.9 Å². The number of hydrogen-bond acceptors (Lipinski definition) is 6. The van der Waals surface area contributed by atoms with Gasteiger partial charge in [-0.2, -0.15) is 0 Å². The fourth-order valence-electron chi connectivity index (χ4n) is 3.41. The maximum Gasteiger partial charge on any atom is 0.305 e. The Bertz CT molecular complexity index is 927. The number of ether oxygens (including phenoxy) is 1. The molecule has 0 saturated carbocycles. The summed E-state index contributed by atoms with van der Waals surface area (Å²) in [5.41, 5.74) is -0.0271. The number of aryl methyl sites for hydroxylation is 3. The summed E-state index contributed by atoms with van der Waals surface area (Å²) in [5, 5.41) is 12.7. The highest BCUT2D eigenvalue weighted by molar-refractivity contribution is 7.18. The standard InChI is InChI=1S/C18H23N3O5S/c1-10-11(2)27-17-15(10)16(25)19-12(20-17)3-4-13(22)21-18(9-14(23)24)5-7-26-8-6-18/h3-9H2,1-2H3,(H,21,22)(H,23,24)(H,19,20,25). The molecule has 0 atom stereocenters. The van der Waals surface area contributed by atoms with Gasteiger partial charge in [0.05, 0.1) is 17.3 Å². The van der Waals surface area contributed by atoms with Gasteiger partial charge in [0.1, 0.15) is 10.7 Å². The number of thiophene rings is 1. The van der Waals surface area contributed by atoms with Crippen LogP contribution >= 0.6 is 11.3 Å². The molecule has 3 N–H and O–H groups in total. The predicted octanol–water partition coefficient (Wildman–Crippen LogP) is 1.67. The molecule has 0 unspecified atom stereocenters. The van der Waals surface area contributed by atoms with E-state index >= 15 is 0 Å². The van der Waals surface area contributed by atoms with Gasteiger partial charge in [-0.15, -0.1) is 11.3 Å². The molecule has 2 aromatic heterocycles. The Kier molecular flexibility index (Phi) is 5.61. The minimum atomic E-state index is -0.947. The van der Waals surface area contributed by atoms with Gasteiger partial charge in [0, 0.05) is 30.9 Å². The molecule has 1 aliphatic rings. The number of aromatic amines is 1. The van der Waals surface area contributed by atoms with Crippen molar-refractivity contribution in [2.24, 2.45) is 0 Å². The summed E-state index contributed by atoms with van der Waals surface area (Å²) >= 11 is 1.47. The van der Waals surface area contributed by atoms with Crippen LogP contribution in [0.2, 0.25) is 0 Å². The van der Waals surface area contributed by atoms with E-state index < -0.39 is 11.5 Å². The molecule has 1 aliphatic heterocycles. The second-order valence-corrected chi connectivity index (χ2v) is 8.19. The number of hydrogen-bond donors (Lipinski definition) is 3. The molecule has 146 valence electrons. The number of carbonyl (C=O) groups is 2. The first-order chi connectivity index (χ1) is 12.8. The van der Waals surface area contributed by atoms with Crippen LogP contribution in [-0.4, -0.2) is 45.7 Å². The van der Waals surface area contributed by atoms with Crippen LogP contribution in [0.3, 0.4) is 0 Å². The highest BCUT2D eigenvalue weighted by Crippen LogP contribution is 2.26. The van der Waals surface area contributed by atoms with E-state index in [0.717, 1.165) is 10.4 Å². The molecule has 0 spiro atoms. The number of amides is 1. The summed E-state index contributed by atoms with van der Waals surface area (Å²) in [6, 6.07) is 0. The first kappa shape index (κ1) is 19.5. The van der Waals surface area contributed by atoms with Crippen LogP contribution in [0.25, 0.3) is 10.2 Å². The van der Waals surface area contributed by atoms with Crippen molar-refractivity contribution >= 4 is 33.4 Å². The number of carboxylic acid groups (broad SMARTS) is 1. The molecule has 1 saturated heterocycles. The number of nitrogens with one attached hydrogen (secondary N) is 2. The third kappa shape index (κ3) is 4.36. The van der Waals surface area contributed by atoms with E-state index in [-0.39, 0.29) is 30.7 Å². The molecule has 9 heteroatoms. The van der Waals surface area contributed by atoms with Gasteiger partial charge in [-0.1, -0.05) is 0 Å². The number of nitrogens with zero attached hydrogens (tertiary/aromatic N) is 1. The zero-order valence-electron chi connectivity index (χ0n) is 15.4. The number of aliphatic carboxylic acids is 1. The Balaban J connectivity index is 1.69. The fraction of sp³-hybridized carbons (Fsp3) is 0.556. The van der Waals surface area contributed by atoms with Gasteiger partial charge in [0.2, 0.25) is 5.91 Å². The molecule has 8 nitrogen and oxygen atoms in total. The maximum absolute atomic E-state index is 12.4. The summed E-state index contributed by atoms with van der Waals surface area (Å²) in [6.45, 7) is 4.70. The number of fused-ring (bicyclic) bond motifs is 1. The Morgan fingerprint density at radius 1 is 1.33 bits per heavy atom. The lowest BCUT2D eigenvalue weighted by Crippen LogP contribution is -2.53. The lowest BCUT2D eigenvalue weighted by Gasteiger charge is -2.36. The van der Waals surface area contributed by atoms with Gasteiger partial charge < -0.3 is 20.1 Å². The molecule has 2 aromatic rings. The number of H-pyrrole nitrogens is 1. The summed E-state index contributed by atoms with van der Waals surface area (Å²) in [7, 11) is 0. The summed E-state index contributed by atoms with van der Waals surface area (Å²) in [4.78, 5) is 44.8. The fourth-order valence-corrected chi connectivity index (χ4v) is 4.45. The molecule has 0 bridgehead atoms. The van der Waals surface area contributed by atoms with Gasteiger partial charge in [-0.25, -0.2) is 4.98 Å². The van der Waals surface area contributed by atoms with Gasteiger partial charge in [0.15, 0.2) is 0 Å². The van der Waals surface area contributed by atoms with Crippen LogP contribution in [0, 0.1) is 13.8 Å². The minimum Gasteiger partial charge on any atom is -0.481 e. The van der Waals surface area contributed by atoms with Crippen molar-refractivity contribution in [1.82, 2.24) is 15.3 Å². The molecule has 3 heterocycles. The Labute approximate surface area is 160 Å². The minimum absolute atomic E-state index is 0.125. The molecular formula is C18H23N3O5S. The van der Waals surface area contributed by atoms with E-state index in [1.54, 1.807) is 0 Å². The van der Waals surface area contributed by atoms with E-state index in [1.165, 1.54) is 11.3 Å². The monoisotopic (exact) mass is 393 g/mol. The average Bonchev–Trinajstić information content (AvgIpc) is 2.87. The molecule has 0 radical (unpaired) electrons. The van der Waals surface area contributed by atoms with E-state index in [0.29, 0.717) is 42.1 Å². The van der Waals surface area contributed by atoms with E-state index in [2.05, 4.69) is 15.3 Å². The summed E-state index contributed by atoms with van der Waals surface area (Å²) in [6.07, 6.45) is 1.23. The Hall–Kier alpha value is -2.26. The molecule has 27 heavy (non-hydrogen) atoms. The van der Waals surface area contributed by atoms with Crippen LogP contribution in [0.15, 0.2) is 4.79 Å². The lowest BCUT2D eigenvalue weighted by atomic mass is 9.86. The zero-order valence-corrected chi connectivity index (χ0v) is 16.2. The summed E-state index contributed by atoms with van der Waals surface area (Å²) in [5.74, 6) is -0.736. The van der Waals surface area contributed by atoms with Crippen LogP contribution in [0.5, 0.6) is 0 Å². The van der Waals surface area contributed by atoms with E-state index in [1.807, 2.05) is 13.8 Å². The van der Waals surface area contributed by atoms with Crippen molar-refractivity contribution in [3.63, 3.8) is 0 Å². The smallest absolute Gasteiger partial charge is 0.305 e. The largest absolute Gasteiger partial charge is 0.481 e. The van der Waals surface area contributed by atoms with Crippen molar-refractivity contribution in [3.8, 4) is 0 Å². The molecule has 3 rings (SSSR count). The quantitative estimate of drug-likeness (QED) is 0.686. The molecule has 1 amide bonds. The highest BCUT2D eigenvalue weighted by Gasteiger charge is 2.36. The first-order valence-electron chi connectivity index (χ1n) is 8.89. The van der Waals surface area contributed by atoms with Crippen molar-refractivity contribution in [1.29, 1.82) is 0 Å². The molecular weight excluding hydrogens is 370 g/mol. The second-order valence-electron chi connectivity index (χ2n) is 6.99. The van der Waals surface area contributed by atoms with Gasteiger partial charge in [0.25, 0.3) is 5.56 Å². The molecule has 0 aliphatic carbocycles. The molecule has 1 fully saturated rings. The highest BCUT2D eigenvalue weighted by atomic mass is 32.1. The van der Waals surface area contributed by atoms with Gasteiger partial charge in [-0.3, -0.25) is 14.4 Å². The van der Waals surface area contributed by atoms with Crippen molar-refractivity contribution < 1.29 is 19.4 Å². The van der Waals surface area contributed by atoms with Gasteiger partial charge in [-0.05, 0) is 32.3 Å². The lowest BCUT2D eigenvalue weighted by molar-refractivity contribution is -0.140. The van der Waals surface area contributed by atoms with Crippen LogP contribution in [-0.2, 0) is 20.7 Å². The van der Waals surface area contributed by atoms with E-state index in [9.17, 15) is 14.4 Å². The predicted molar refractivity (Wildman–Crippen MR) is 101 cm³/mol. The number of carboxylic acids is 1. The number of aromatic nitrogens is 2. The summed E-state index contributed by atoms with van der Waals surface area (Å²) < 4.78 is 5.29. The van der Waals surface area contributed by atoms with E-state index in [4.69, 9.17) is 9.84 Å². The Morgan fingerprint density at radius 2 is 2.04 bits per heavy atom. The van der Waals surface area contributed by atoms with Crippen molar-refractivity contribution in [3.05, 3.63) is 26.6 Å². The van der Waals surface area contributed by atoms with Gasteiger partial charge >= 0.3 is 5.97 Å². The zero-order chi connectivity index (χ0) is 19.6. The number of carbonyl (C=O) groups excluding carboxylic acids is 1. The topological polar surface area (TPSA) is 121 Å².